The zero-order valence-electron chi connectivity index (χ0n) is 9.08. The van der Waals surface area contributed by atoms with Crippen molar-refractivity contribution in [3.8, 4) is 0 Å². The van der Waals surface area contributed by atoms with Crippen LogP contribution >= 0.6 is 0 Å². The van der Waals surface area contributed by atoms with Gasteiger partial charge in [-0.15, -0.1) is 0 Å². The predicted molar refractivity (Wildman–Crippen MR) is 57.9 cm³/mol. The maximum absolute atomic E-state index is 11.5. The van der Waals surface area contributed by atoms with Crippen LogP contribution in [-0.4, -0.2) is 24.3 Å². The molecule has 0 aliphatic heterocycles. The quantitative estimate of drug-likeness (QED) is 0.741. The van der Waals surface area contributed by atoms with Gasteiger partial charge in [-0.1, -0.05) is 6.92 Å². The summed E-state index contributed by atoms with van der Waals surface area (Å²) in [4.78, 5) is 19.5. The Morgan fingerprint density at radius 3 is 3.06 bits per heavy atom. The van der Waals surface area contributed by atoms with Crippen LogP contribution in [-0.2, 0) is 13.1 Å². The molecule has 0 amide bonds. The average molecular weight is 219 g/mol. The topological polar surface area (TPSA) is 65.6 Å². The summed E-state index contributed by atoms with van der Waals surface area (Å²) in [6.07, 6.45) is 5.48. The molecule has 6 heteroatoms. The highest BCUT2D eigenvalue weighted by Gasteiger charge is 2.04. The zero-order chi connectivity index (χ0) is 11.4. The Labute approximate surface area is 92.6 Å². The van der Waals surface area contributed by atoms with Crippen LogP contribution in [0.5, 0.6) is 0 Å². The van der Waals surface area contributed by atoms with Crippen molar-refractivity contribution >= 4 is 0 Å². The lowest BCUT2D eigenvalue weighted by molar-refractivity contribution is 0.548. The van der Waals surface area contributed by atoms with E-state index in [9.17, 15) is 4.79 Å². The van der Waals surface area contributed by atoms with E-state index in [1.165, 1.54) is 29.5 Å². The number of hydrogen-bond acceptors (Lipinski definition) is 4. The molecule has 2 rings (SSSR count). The maximum Gasteiger partial charge on any atom is 0.253 e. The third kappa shape index (κ3) is 2.16. The van der Waals surface area contributed by atoms with Crippen LogP contribution in [0.1, 0.15) is 19.2 Å². The van der Waals surface area contributed by atoms with Crippen LogP contribution in [0.25, 0.3) is 0 Å². The highest BCUT2D eigenvalue weighted by Crippen LogP contribution is 1.97. The van der Waals surface area contributed by atoms with Gasteiger partial charge in [0.15, 0.2) is 0 Å². The highest BCUT2D eigenvalue weighted by molar-refractivity contribution is 4.90. The van der Waals surface area contributed by atoms with E-state index in [1.807, 2.05) is 0 Å². The lowest BCUT2D eigenvalue weighted by atomic mass is 10.4. The Bertz CT molecular complexity index is 516. The SMILES string of the molecule is CCCn1ncnc1Cn1cnccc1=O. The van der Waals surface area contributed by atoms with Crippen LogP contribution < -0.4 is 5.56 Å². The van der Waals surface area contributed by atoms with E-state index in [2.05, 4.69) is 22.0 Å². The molecule has 0 radical (unpaired) electrons. The first-order chi connectivity index (χ1) is 7.81. The number of aromatic nitrogens is 5. The second kappa shape index (κ2) is 4.69. The molecule has 84 valence electrons. The Hall–Kier alpha value is -1.98. The molecule has 0 atom stereocenters. The molecule has 0 saturated carbocycles. The van der Waals surface area contributed by atoms with E-state index in [1.54, 1.807) is 4.68 Å². The second-order valence-electron chi connectivity index (χ2n) is 3.45. The van der Waals surface area contributed by atoms with Gasteiger partial charge in [0.25, 0.3) is 5.56 Å². The molecule has 2 aromatic heterocycles. The van der Waals surface area contributed by atoms with Crippen molar-refractivity contribution in [2.45, 2.75) is 26.4 Å². The van der Waals surface area contributed by atoms with Crippen LogP contribution in [0.3, 0.4) is 0 Å². The molecular weight excluding hydrogens is 206 g/mol. The maximum atomic E-state index is 11.5. The van der Waals surface area contributed by atoms with Crippen molar-refractivity contribution in [2.24, 2.45) is 0 Å². The van der Waals surface area contributed by atoms with E-state index in [0.29, 0.717) is 6.54 Å². The van der Waals surface area contributed by atoms with Gasteiger partial charge in [-0.3, -0.25) is 9.36 Å². The minimum atomic E-state index is -0.0824. The molecule has 2 heterocycles. The summed E-state index contributed by atoms with van der Waals surface area (Å²) in [5.74, 6) is 0.775. The number of nitrogens with zero attached hydrogens (tertiary/aromatic N) is 5. The van der Waals surface area contributed by atoms with Gasteiger partial charge in [-0.2, -0.15) is 5.10 Å². The average Bonchev–Trinajstić information content (AvgIpc) is 2.70. The van der Waals surface area contributed by atoms with Crippen molar-refractivity contribution in [3.05, 3.63) is 41.1 Å². The first kappa shape index (κ1) is 10.5. The molecule has 16 heavy (non-hydrogen) atoms. The third-order valence-corrected chi connectivity index (χ3v) is 2.24. The highest BCUT2D eigenvalue weighted by atomic mass is 16.1. The number of hydrogen-bond donors (Lipinski definition) is 0. The Balaban J connectivity index is 2.24. The predicted octanol–water partition coefficient (Wildman–Crippen LogP) is 0.293. The van der Waals surface area contributed by atoms with Crippen molar-refractivity contribution in [1.29, 1.82) is 0 Å². The summed E-state index contributed by atoms with van der Waals surface area (Å²) in [5, 5.41) is 4.10. The molecule has 0 spiro atoms. The monoisotopic (exact) mass is 219 g/mol. The standard InChI is InChI=1S/C10H13N5O/c1-2-5-15-9(12-7-13-15)6-14-8-11-4-3-10(14)16/h3-4,7-8H,2,5-6H2,1H3. The van der Waals surface area contributed by atoms with E-state index in [-0.39, 0.29) is 5.56 Å². The van der Waals surface area contributed by atoms with Gasteiger partial charge in [0.2, 0.25) is 0 Å². The summed E-state index contributed by atoms with van der Waals surface area (Å²) in [7, 11) is 0. The molecule has 0 saturated heterocycles. The number of aryl methyl sites for hydroxylation is 1. The van der Waals surface area contributed by atoms with Gasteiger partial charge in [-0.25, -0.2) is 14.6 Å². The van der Waals surface area contributed by atoms with Gasteiger partial charge in [-0.05, 0) is 6.42 Å². The Morgan fingerprint density at radius 1 is 1.44 bits per heavy atom. The van der Waals surface area contributed by atoms with Crippen molar-refractivity contribution in [3.63, 3.8) is 0 Å². The molecule has 0 bridgehead atoms. The normalized spacial score (nSPS) is 10.6. The summed E-state index contributed by atoms with van der Waals surface area (Å²) >= 11 is 0. The van der Waals surface area contributed by atoms with Crippen molar-refractivity contribution in [1.82, 2.24) is 24.3 Å². The lowest BCUT2D eigenvalue weighted by Gasteiger charge is -2.05. The molecule has 0 aliphatic rings. The third-order valence-electron chi connectivity index (χ3n) is 2.24. The van der Waals surface area contributed by atoms with Crippen LogP contribution in [0, 0.1) is 0 Å². The molecular formula is C10H13N5O. The van der Waals surface area contributed by atoms with Gasteiger partial charge in [0.05, 0.1) is 12.9 Å². The summed E-state index contributed by atoms with van der Waals surface area (Å²) < 4.78 is 3.32. The van der Waals surface area contributed by atoms with Gasteiger partial charge in [0.1, 0.15) is 12.2 Å². The van der Waals surface area contributed by atoms with E-state index in [4.69, 9.17) is 0 Å². The minimum absolute atomic E-state index is 0.0824. The Morgan fingerprint density at radius 2 is 2.31 bits per heavy atom. The molecule has 0 fully saturated rings. The van der Waals surface area contributed by atoms with E-state index < -0.39 is 0 Å². The molecule has 6 nitrogen and oxygen atoms in total. The van der Waals surface area contributed by atoms with Gasteiger partial charge >= 0.3 is 0 Å². The van der Waals surface area contributed by atoms with Crippen LogP contribution in [0.15, 0.2) is 29.7 Å². The van der Waals surface area contributed by atoms with E-state index in [0.717, 1.165) is 18.8 Å². The van der Waals surface area contributed by atoms with Gasteiger partial charge < -0.3 is 0 Å². The molecule has 0 aromatic carbocycles. The summed E-state index contributed by atoms with van der Waals surface area (Å²) in [6, 6.07) is 1.43. The fraction of sp³-hybridized carbons (Fsp3) is 0.400. The van der Waals surface area contributed by atoms with Crippen LogP contribution in [0.4, 0.5) is 0 Å². The van der Waals surface area contributed by atoms with E-state index >= 15 is 0 Å². The van der Waals surface area contributed by atoms with Crippen LogP contribution in [0.2, 0.25) is 0 Å². The fourth-order valence-electron chi connectivity index (χ4n) is 1.46. The lowest BCUT2D eigenvalue weighted by Crippen LogP contribution is -2.21. The number of rotatable bonds is 4. The first-order valence-electron chi connectivity index (χ1n) is 5.18. The fourth-order valence-corrected chi connectivity index (χ4v) is 1.46. The molecule has 2 aromatic rings. The van der Waals surface area contributed by atoms with Crippen molar-refractivity contribution in [2.75, 3.05) is 0 Å². The van der Waals surface area contributed by atoms with Gasteiger partial charge in [0, 0.05) is 18.8 Å². The second-order valence-corrected chi connectivity index (χ2v) is 3.45. The Kier molecular flexibility index (Phi) is 3.09. The van der Waals surface area contributed by atoms with Crippen molar-refractivity contribution < 1.29 is 0 Å². The zero-order valence-corrected chi connectivity index (χ0v) is 9.08. The summed E-state index contributed by atoms with van der Waals surface area (Å²) in [5.41, 5.74) is -0.0824. The molecule has 0 N–H and O–H groups in total. The largest absolute Gasteiger partial charge is 0.292 e. The first-order valence-corrected chi connectivity index (χ1v) is 5.18. The smallest absolute Gasteiger partial charge is 0.253 e. The molecule has 0 unspecified atom stereocenters. The summed E-state index contributed by atoms with van der Waals surface area (Å²) in [6.45, 7) is 3.29. The molecule has 0 aliphatic carbocycles. The minimum Gasteiger partial charge on any atom is -0.292 e.